The Bertz CT molecular complexity index is 357. The minimum atomic E-state index is 0.693. The maximum atomic E-state index is 5.67. The highest BCUT2D eigenvalue weighted by atomic mass is 79.9. The highest BCUT2D eigenvalue weighted by Crippen LogP contribution is 2.17. The Morgan fingerprint density at radius 2 is 2.27 bits per heavy atom. The van der Waals surface area contributed by atoms with Crippen molar-refractivity contribution in [3.8, 4) is 0 Å². The van der Waals surface area contributed by atoms with Crippen molar-refractivity contribution in [3.63, 3.8) is 0 Å². The van der Waals surface area contributed by atoms with Gasteiger partial charge in [0.2, 0.25) is 0 Å². The molecule has 0 saturated carbocycles. The maximum Gasteiger partial charge on any atom is 0.160 e. The molecule has 2 aromatic heterocycles. The van der Waals surface area contributed by atoms with Crippen LogP contribution in [0.15, 0.2) is 29.1 Å². The third-order valence-electron chi connectivity index (χ3n) is 1.53. The first kappa shape index (κ1) is 6.67. The molecule has 0 atom stereocenters. The average molecular weight is 212 g/mol. The zero-order valence-corrected chi connectivity index (χ0v) is 7.25. The Balaban J connectivity index is 2.96. The molecule has 2 aromatic rings. The number of nitrogens with two attached hydrogens (primary N) is 1. The number of hydrogen-bond acceptors (Lipinski definition) is 2. The predicted octanol–water partition coefficient (Wildman–Crippen LogP) is 1.68. The van der Waals surface area contributed by atoms with Gasteiger partial charge in [0.05, 0.1) is 10.3 Å². The van der Waals surface area contributed by atoms with Crippen LogP contribution in [0.1, 0.15) is 0 Å². The van der Waals surface area contributed by atoms with Crippen LogP contribution in [0, 0.1) is 0 Å². The second-order valence-electron chi connectivity index (χ2n) is 2.23. The molecule has 3 nitrogen and oxygen atoms in total. The van der Waals surface area contributed by atoms with Crippen LogP contribution in [0.5, 0.6) is 0 Å². The van der Waals surface area contributed by atoms with Gasteiger partial charge in [-0.15, -0.1) is 0 Å². The van der Waals surface area contributed by atoms with E-state index in [0.717, 1.165) is 10.3 Å². The lowest BCUT2D eigenvalue weighted by Gasteiger charge is -1.98. The van der Waals surface area contributed by atoms with Crippen molar-refractivity contribution in [2.45, 2.75) is 0 Å². The third kappa shape index (κ3) is 0.903. The lowest BCUT2D eigenvalue weighted by atomic mass is 10.4. The Morgan fingerprint density at radius 3 is 3.00 bits per heavy atom. The van der Waals surface area contributed by atoms with Crippen LogP contribution in [0.4, 0.5) is 5.69 Å². The van der Waals surface area contributed by atoms with Crippen LogP contribution in [0.2, 0.25) is 0 Å². The number of aromatic nitrogens is 2. The molecule has 56 valence electrons. The molecule has 11 heavy (non-hydrogen) atoms. The van der Waals surface area contributed by atoms with Gasteiger partial charge in [-0.1, -0.05) is 0 Å². The molecule has 0 radical (unpaired) electrons. The van der Waals surface area contributed by atoms with Crippen molar-refractivity contribution >= 4 is 27.3 Å². The van der Waals surface area contributed by atoms with E-state index in [1.165, 1.54) is 0 Å². The molecule has 0 amide bonds. The minimum absolute atomic E-state index is 0.693. The fourth-order valence-electron chi connectivity index (χ4n) is 1.00. The molecule has 2 rings (SSSR count). The van der Waals surface area contributed by atoms with Gasteiger partial charge < -0.3 is 5.73 Å². The molecule has 0 spiro atoms. The number of pyridine rings is 1. The molecule has 0 aromatic carbocycles. The molecule has 0 bridgehead atoms. The van der Waals surface area contributed by atoms with E-state index < -0.39 is 0 Å². The normalized spacial score (nSPS) is 10.6. The number of anilines is 1. The molecular weight excluding hydrogens is 206 g/mol. The predicted molar refractivity (Wildman–Crippen MR) is 47.3 cm³/mol. The van der Waals surface area contributed by atoms with Gasteiger partial charge in [0.25, 0.3) is 0 Å². The zero-order valence-electron chi connectivity index (χ0n) is 5.66. The lowest BCUT2D eigenvalue weighted by molar-refractivity contribution is 1.15. The topological polar surface area (TPSA) is 43.3 Å². The van der Waals surface area contributed by atoms with Gasteiger partial charge >= 0.3 is 0 Å². The van der Waals surface area contributed by atoms with E-state index in [1.807, 2.05) is 22.7 Å². The van der Waals surface area contributed by atoms with Crippen molar-refractivity contribution in [1.29, 1.82) is 0 Å². The third-order valence-corrected chi connectivity index (χ3v) is 2.18. The van der Waals surface area contributed by atoms with Gasteiger partial charge in [0.1, 0.15) is 0 Å². The molecule has 0 aliphatic rings. The molecule has 2 N–H and O–H groups in total. The Morgan fingerprint density at radius 1 is 1.45 bits per heavy atom. The van der Waals surface area contributed by atoms with Crippen LogP contribution in [-0.2, 0) is 0 Å². The number of fused-ring (bicyclic) bond motifs is 1. The van der Waals surface area contributed by atoms with E-state index in [0.29, 0.717) is 5.69 Å². The molecule has 0 aliphatic carbocycles. The summed E-state index contributed by atoms with van der Waals surface area (Å²) in [5.41, 5.74) is 7.15. The Hall–Kier alpha value is -1.03. The van der Waals surface area contributed by atoms with Gasteiger partial charge in [-0.25, -0.2) is 4.98 Å². The van der Waals surface area contributed by atoms with Crippen molar-refractivity contribution < 1.29 is 0 Å². The van der Waals surface area contributed by atoms with Crippen molar-refractivity contribution in [1.82, 2.24) is 9.38 Å². The SMILES string of the molecule is Nc1ccc(Br)n2ccnc12. The Kier molecular flexibility index (Phi) is 1.35. The molecule has 0 saturated heterocycles. The number of halogens is 1. The first-order valence-electron chi connectivity index (χ1n) is 3.16. The number of hydrogen-bond donors (Lipinski definition) is 1. The van der Waals surface area contributed by atoms with E-state index >= 15 is 0 Å². The number of imidazole rings is 1. The first-order valence-corrected chi connectivity index (χ1v) is 3.95. The molecule has 0 aliphatic heterocycles. The van der Waals surface area contributed by atoms with Gasteiger partial charge in [0, 0.05) is 12.4 Å². The zero-order chi connectivity index (χ0) is 7.84. The molecule has 2 heterocycles. The van der Waals surface area contributed by atoms with Crippen LogP contribution in [0.25, 0.3) is 5.65 Å². The second kappa shape index (κ2) is 2.23. The summed E-state index contributed by atoms with van der Waals surface area (Å²) in [4.78, 5) is 4.09. The molecule has 4 heteroatoms. The largest absolute Gasteiger partial charge is 0.396 e. The summed E-state index contributed by atoms with van der Waals surface area (Å²) in [6.07, 6.45) is 3.58. The quantitative estimate of drug-likeness (QED) is 0.675. The van der Waals surface area contributed by atoms with Crippen LogP contribution < -0.4 is 5.73 Å². The molecular formula is C7H6BrN3. The van der Waals surface area contributed by atoms with Crippen molar-refractivity contribution in [3.05, 3.63) is 29.1 Å². The van der Waals surface area contributed by atoms with E-state index in [2.05, 4.69) is 20.9 Å². The Labute approximate surface area is 72.0 Å². The summed E-state index contributed by atoms with van der Waals surface area (Å²) in [5.74, 6) is 0. The smallest absolute Gasteiger partial charge is 0.160 e. The molecule has 0 unspecified atom stereocenters. The maximum absolute atomic E-state index is 5.67. The van der Waals surface area contributed by atoms with Gasteiger partial charge in [-0.05, 0) is 28.1 Å². The fraction of sp³-hybridized carbons (Fsp3) is 0. The first-order chi connectivity index (χ1) is 5.29. The molecule has 0 fully saturated rings. The number of rotatable bonds is 0. The minimum Gasteiger partial charge on any atom is -0.396 e. The van der Waals surface area contributed by atoms with Gasteiger partial charge in [0.15, 0.2) is 5.65 Å². The van der Waals surface area contributed by atoms with E-state index in [9.17, 15) is 0 Å². The van der Waals surface area contributed by atoms with E-state index in [1.54, 1.807) is 6.20 Å². The summed E-state index contributed by atoms with van der Waals surface area (Å²) in [5, 5.41) is 0. The van der Waals surface area contributed by atoms with E-state index in [-0.39, 0.29) is 0 Å². The average Bonchev–Trinajstić information content (AvgIpc) is 2.45. The number of nitrogens with zero attached hydrogens (tertiary/aromatic N) is 2. The van der Waals surface area contributed by atoms with Crippen LogP contribution in [-0.4, -0.2) is 9.38 Å². The highest BCUT2D eigenvalue weighted by Gasteiger charge is 2.00. The lowest BCUT2D eigenvalue weighted by Crippen LogP contribution is -1.92. The summed E-state index contributed by atoms with van der Waals surface area (Å²) >= 11 is 3.38. The number of nitrogen functional groups attached to an aromatic ring is 1. The van der Waals surface area contributed by atoms with Gasteiger partial charge in [-0.2, -0.15) is 0 Å². The standard InChI is InChI=1S/C7H6BrN3/c8-6-2-1-5(9)7-10-3-4-11(6)7/h1-4H,9H2. The highest BCUT2D eigenvalue weighted by molar-refractivity contribution is 9.10. The monoisotopic (exact) mass is 211 g/mol. The summed E-state index contributed by atoms with van der Waals surface area (Å²) in [6.45, 7) is 0. The second-order valence-corrected chi connectivity index (χ2v) is 3.04. The summed E-state index contributed by atoms with van der Waals surface area (Å²) in [7, 11) is 0. The fourth-order valence-corrected chi connectivity index (χ4v) is 1.42. The van der Waals surface area contributed by atoms with Crippen molar-refractivity contribution in [2.75, 3.05) is 5.73 Å². The summed E-state index contributed by atoms with van der Waals surface area (Å²) in [6, 6.07) is 3.72. The van der Waals surface area contributed by atoms with Crippen molar-refractivity contribution in [2.24, 2.45) is 0 Å². The van der Waals surface area contributed by atoms with Crippen LogP contribution >= 0.6 is 15.9 Å². The van der Waals surface area contributed by atoms with E-state index in [4.69, 9.17) is 5.73 Å². The summed E-state index contributed by atoms with van der Waals surface area (Å²) < 4.78 is 2.84. The van der Waals surface area contributed by atoms with Crippen LogP contribution in [0.3, 0.4) is 0 Å². The van der Waals surface area contributed by atoms with Gasteiger partial charge in [-0.3, -0.25) is 4.40 Å².